The minimum absolute atomic E-state index is 0.199. The lowest BCUT2D eigenvalue weighted by Crippen LogP contribution is -2.52. The van der Waals surface area contributed by atoms with E-state index in [1.54, 1.807) is 12.1 Å². The molecule has 2 aliphatic rings. The molecule has 0 spiro atoms. The van der Waals surface area contributed by atoms with E-state index in [-0.39, 0.29) is 50.4 Å². The van der Waals surface area contributed by atoms with Gasteiger partial charge >= 0.3 is 5.97 Å². The third-order valence-corrected chi connectivity index (χ3v) is 5.59. The van der Waals surface area contributed by atoms with Crippen LogP contribution in [0.1, 0.15) is 61.5 Å². The quantitative estimate of drug-likeness (QED) is 0.205. The van der Waals surface area contributed by atoms with Crippen LogP contribution in [0.15, 0.2) is 18.2 Å². The number of rotatable bonds is 11. The highest BCUT2D eigenvalue weighted by atomic mass is 16.6. The van der Waals surface area contributed by atoms with Gasteiger partial charge in [0.15, 0.2) is 0 Å². The van der Waals surface area contributed by atoms with Gasteiger partial charge in [0.25, 0.3) is 5.91 Å². The van der Waals surface area contributed by atoms with E-state index in [0.717, 1.165) is 5.56 Å². The molecular formula is C27H34N2O8. The molecule has 0 bridgehead atoms. The Morgan fingerprint density at radius 2 is 1.76 bits per heavy atom. The second-order valence-electron chi connectivity index (χ2n) is 9.65. The number of benzene rings is 1. The summed E-state index contributed by atoms with van der Waals surface area (Å²) in [6, 6.07) is 4.67. The Morgan fingerprint density at radius 1 is 1.05 bits per heavy atom. The van der Waals surface area contributed by atoms with Crippen LogP contribution in [0.2, 0.25) is 0 Å². The molecule has 1 saturated heterocycles. The van der Waals surface area contributed by atoms with Crippen LogP contribution in [0.5, 0.6) is 0 Å². The summed E-state index contributed by atoms with van der Waals surface area (Å²) in [6.07, 6.45) is 0.734. The standard InChI is InChI=1S/C27H34N2O8/c1-27(2,3)37-24(31)11-13-35-15-17-36-16-14-34-12-5-7-19-6-4-8-20-21(19)18-29(26(20)33)22-9-10-23(30)28-25(22)32/h4,6,8,22H,9-18H2,1-3H3,(H,28,30,32). The number of ether oxygens (including phenoxy) is 4. The molecule has 0 aliphatic carbocycles. The Kier molecular flexibility index (Phi) is 10.2. The van der Waals surface area contributed by atoms with Crippen molar-refractivity contribution in [1.82, 2.24) is 10.2 Å². The van der Waals surface area contributed by atoms with E-state index in [0.29, 0.717) is 44.0 Å². The second kappa shape index (κ2) is 13.3. The fourth-order valence-corrected chi connectivity index (χ4v) is 3.95. The van der Waals surface area contributed by atoms with Crippen LogP contribution >= 0.6 is 0 Å². The van der Waals surface area contributed by atoms with Gasteiger partial charge in [-0.2, -0.15) is 0 Å². The van der Waals surface area contributed by atoms with E-state index in [1.807, 2.05) is 26.8 Å². The Hall–Kier alpha value is -3.26. The van der Waals surface area contributed by atoms with Gasteiger partial charge in [-0.3, -0.25) is 24.5 Å². The molecule has 3 amide bonds. The summed E-state index contributed by atoms with van der Waals surface area (Å²) >= 11 is 0. The van der Waals surface area contributed by atoms with Crippen molar-refractivity contribution in [2.24, 2.45) is 0 Å². The lowest BCUT2D eigenvalue weighted by molar-refractivity contribution is -0.156. The number of carbonyl (C=O) groups excluding carboxylic acids is 4. The van der Waals surface area contributed by atoms with E-state index in [2.05, 4.69) is 17.2 Å². The van der Waals surface area contributed by atoms with Gasteiger partial charge in [-0.1, -0.05) is 17.9 Å². The van der Waals surface area contributed by atoms with Crippen LogP contribution in [-0.4, -0.2) is 79.9 Å². The number of nitrogens with zero attached hydrogens (tertiary/aromatic N) is 1. The summed E-state index contributed by atoms with van der Waals surface area (Å²) in [6.45, 7) is 7.72. The molecule has 1 unspecified atom stereocenters. The summed E-state index contributed by atoms with van der Waals surface area (Å²) in [5.74, 6) is 4.73. The molecule has 2 aliphatic heterocycles. The molecule has 37 heavy (non-hydrogen) atoms. The van der Waals surface area contributed by atoms with Gasteiger partial charge in [0, 0.05) is 24.1 Å². The van der Waals surface area contributed by atoms with E-state index in [1.165, 1.54) is 4.90 Å². The lowest BCUT2D eigenvalue weighted by atomic mass is 10.0. The van der Waals surface area contributed by atoms with E-state index >= 15 is 0 Å². The van der Waals surface area contributed by atoms with Crippen LogP contribution in [0.25, 0.3) is 0 Å². The van der Waals surface area contributed by atoms with Crippen LogP contribution in [0.3, 0.4) is 0 Å². The summed E-state index contributed by atoms with van der Waals surface area (Å²) < 4.78 is 21.5. The van der Waals surface area contributed by atoms with Crippen molar-refractivity contribution in [3.63, 3.8) is 0 Å². The zero-order chi connectivity index (χ0) is 26.8. The van der Waals surface area contributed by atoms with Gasteiger partial charge in [-0.05, 0) is 44.9 Å². The van der Waals surface area contributed by atoms with Crippen molar-refractivity contribution in [3.8, 4) is 11.8 Å². The SMILES string of the molecule is CC(C)(C)OC(=O)CCOCCOCCOCC#Cc1cccc2c1CN(C1CCC(=O)NC1=O)C2=O. The summed E-state index contributed by atoms with van der Waals surface area (Å²) in [7, 11) is 0. The number of nitrogens with one attached hydrogen (secondary N) is 1. The number of esters is 1. The molecule has 1 N–H and O–H groups in total. The molecule has 2 heterocycles. The molecule has 0 saturated carbocycles. The molecular weight excluding hydrogens is 480 g/mol. The molecule has 1 aromatic carbocycles. The fraction of sp³-hybridized carbons (Fsp3) is 0.556. The second-order valence-corrected chi connectivity index (χ2v) is 9.65. The van der Waals surface area contributed by atoms with Crippen LogP contribution in [-0.2, 0) is 39.9 Å². The number of piperidine rings is 1. The molecule has 1 fully saturated rings. The molecule has 0 radical (unpaired) electrons. The normalized spacial score (nSPS) is 17.2. The smallest absolute Gasteiger partial charge is 0.308 e. The minimum atomic E-state index is -0.655. The molecule has 3 rings (SSSR count). The van der Waals surface area contributed by atoms with Gasteiger partial charge in [-0.25, -0.2) is 0 Å². The van der Waals surface area contributed by atoms with Crippen molar-refractivity contribution >= 4 is 23.7 Å². The summed E-state index contributed by atoms with van der Waals surface area (Å²) in [5, 5.41) is 2.30. The number of hydrogen-bond acceptors (Lipinski definition) is 8. The highest BCUT2D eigenvalue weighted by Crippen LogP contribution is 2.29. The van der Waals surface area contributed by atoms with Gasteiger partial charge < -0.3 is 23.8 Å². The van der Waals surface area contributed by atoms with Crippen LogP contribution in [0.4, 0.5) is 0 Å². The van der Waals surface area contributed by atoms with E-state index in [4.69, 9.17) is 18.9 Å². The maximum absolute atomic E-state index is 12.9. The number of carbonyl (C=O) groups is 4. The largest absolute Gasteiger partial charge is 0.460 e. The predicted molar refractivity (Wildman–Crippen MR) is 132 cm³/mol. The highest BCUT2D eigenvalue weighted by molar-refractivity contribution is 6.05. The number of imide groups is 1. The Balaban J connectivity index is 1.32. The van der Waals surface area contributed by atoms with E-state index < -0.39 is 17.6 Å². The van der Waals surface area contributed by atoms with Crippen LogP contribution in [0, 0.1) is 11.8 Å². The first-order valence-electron chi connectivity index (χ1n) is 12.4. The first-order chi connectivity index (χ1) is 17.7. The topological polar surface area (TPSA) is 120 Å². The van der Waals surface area contributed by atoms with Crippen LogP contribution < -0.4 is 5.32 Å². The fourth-order valence-electron chi connectivity index (χ4n) is 3.95. The van der Waals surface area contributed by atoms with Crippen molar-refractivity contribution in [3.05, 3.63) is 34.9 Å². The third kappa shape index (κ3) is 8.67. The zero-order valence-corrected chi connectivity index (χ0v) is 21.6. The van der Waals surface area contributed by atoms with Crippen molar-refractivity contribution in [1.29, 1.82) is 0 Å². The average molecular weight is 515 g/mol. The minimum Gasteiger partial charge on any atom is -0.460 e. The molecule has 0 aromatic heterocycles. The number of fused-ring (bicyclic) bond motifs is 1. The summed E-state index contributed by atoms with van der Waals surface area (Å²) in [5.41, 5.74) is 1.52. The maximum atomic E-state index is 12.9. The average Bonchev–Trinajstić information content (AvgIpc) is 3.15. The predicted octanol–water partition coefficient (Wildman–Crippen LogP) is 1.58. The highest BCUT2D eigenvalue weighted by Gasteiger charge is 2.39. The molecule has 1 aromatic rings. The van der Waals surface area contributed by atoms with E-state index in [9.17, 15) is 19.2 Å². The molecule has 200 valence electrons. The van der Waals surface area contributed by atoms with Gasteiger partial charge in [0.1, 0.15) is 18.2 Å². The van der Waals surface area contributed by atoms with Gasteiger partial charge in [0.05, 0.1) is 39.5 Å². The first kappa shape index (κ1) is 28.3. The third-order valence-electron chi connectivity index (χ3n) is 5.59. The molecule has 1 atom stereocenters. The molecule has 10 heteroatoms. The Morgan fingerprint density at radius 3 is 2.46 bits per heavy atom. The Labute approximate surface area is 216 Å². The van der Waals surface area contributed by atoms with Gasteiger partial charge in [0.2, 0.25) is 11.8 Å². The monoisotopic (exact) mass is 514 g/mol. The van der Waals surface area contributed by atoms with Gasteiger partial charge in [-0.15, -0.1) is 0 Å². The van der Waals surface area contributed by atoms with Crippen molar-refractivity contribution in [2.75, 3.05) is 39.6 Å². The number of hydrogen-bond donors (Lipinski definition) is 1. The Bertz CT molecular complexity index is 1070. The maximum Gasteiger partial charge on any atom is 0.308 e. The van der Waals surface area contributed by atoms with Crippen molar-refractivity contribution < 1.29 is 38.1 Å². The molecule has 10 nitrogen and oxygen atoms in total. The van der Waals surface area contributed by atoms with Crippen molar-refractivity contribution in [2.45, 2.75) is 58.2 Å². The summed E-state index contributed by atoms with van der Waals surface area (Å²) in [4.78, 5) is 49.6. The zero-order valence-electron chi connectivity index (χ0n) is 21.6. The lowest BCUT2D eigenvalue weighted by Gasteiger charge is -2.29. The number of amides is 3. The first-order valence-corrected chi connectivity index (χ1v) is 12.4.